The van der Waals surface area contributed by atoms with Crippen LogP contribution in [0.2, 0.25) is 0 Å². The van der Waals surface area contributed by atoms with Crippen molar-refractivity contribution in [2.75, 3.05) is 11.5 Å². The second-order valence-electron chi connectivity index (χ2n) is 3.40. The zero-order valence-corrected chi connectivity index (χ0v) is 8.46. The molecule has 78 valence electrons. The van der Waals surface area contributed by atoms with Crippen molar-refractivity contribution in [3.05, 3.63) is 12.4 Å². The maximum Gasteiger partial charge on any atom is 0.157 e. The Morgan fingerprint density at radius 1 is 1.43 bits per heavy atom. The summed E-state index contributed by atoms with van der Waals surface area (Å²) in [6.45, 7) is 0. The third-order valence-corrected chi connectivity index (χ3v) is 3.99. The fourth-order valence-corrected chi connectivity index (χ4v) is 2.93. The van der Waals surface area contributed by atoms with Crippen molar-refractivity contribution >= 4 is 9.84 Å². The number of ether oxygens (including phenoxy) is 1. The number of hydrogen-bond donors (Lipinski definition) is 1. The van der Waals surface area contributed by atoms with Crippen molar-refractivity contribution < 1.29 is 13.2 Å². The Morgan fingerprint density at radius 2 is 2.14 bits per heavy atom. The van der Waals surface area contributed by atoms with E-state index in [0.717, 1.165) is 0 Å². The third-order valence-electron chi connectivity index (χ3n) is 2.28. The summed E-state index contributed by atoms with van der Waals surface area (Å²) >= 11 is 0. The van der Waals surface area contributed by atoms with Crippen LogP contribution in [0.5, 0.6) is 5.75 Å². The number of nitrogens with one attached hydrogen (secondary N) is 1. The smallest absolute Gasteiger partial charge is 0.157 e. The Hall–Kier alpha value is -1.04. The van der Waals surface area contributed by atoms with Gasteiger partial charge in [0.1, 0.15) is 6.10 Å². The fraction of sp³-hybridized carbons (Fsp3) is 0.625. The van der Waals surface area contributed by atoms with Crippen LogP contribution in [0.25, 0.3) is 0 Å². The summed E-state index contributed by atoms with van der Waals surface area (Å²) in [7, 11) is -2.80. The summed E-state index contributed by atoms with van der Waals surface area (Å²) in [5.74, 6) is 1.14. The first-order valence-electron chi connectivity index (χ1n) is 4.51. The van der Waals surface area contributed by atoms with Crippen molar-refractivity contribution in [2.45, 2.75) is 18.9 Å². The van der Waals surface area contributed by atoms with Crippen LogP contribution in [0.4, 0.5) is 0 Å². The van der Waals surface area contributed by atoms with E-state index < -0.39 is 9.84 Å². The van der Waals surface area contributed by atoms with Crippen molar-refractivity contribution in [3.8, 4) is 5.75 Å². The maximum atomic E-state index is 11.1. The molecule has 0 spiro atoms. The molecule has 6 heteroatoms. The standard InChI is InChI=1S/C8H12N2O3S/c11-14(12)3-1-7(2-4-14)13-8-5-9-10-6-8/h5-7H,1-4H2,(H,9,10). The first-order valence-corrected chi connectivity index (χ1v) is 6.34. The molecule has 0 amide bonds. The molecule has 1 aromatic rings. The molecule has 1 saturated heterocycles. The van der Waals surface area contributed by atoms with Crippen LogP contribution in [0.3, 0.4) is 0 Å². The summed E-state index contributed by atoms with van der Waals surface area (Å²) < 4.78 is 27.8. The summed E-state index contributed by atoms with van der Waals surface area (Å²) in [5.41, 5.74) is 0. The lowest BCUT2D eigenvalue weighted by Gasteiger charge is -2.22. The van der Waals surface area contributed by atoms with Gasteiger partial charge in [-0.05, 0) is 12.8 Å². The van der Waals surface area contributed by atoms with Crippen molar-refractivity contribution in [1.82, 2.24) is 10.2 Å². The molecule has 2 rings (SSSR count). The van der Waals surface area contributed by atoms with E-state index in [9.17, 15) is 8.42 Å². The van der Waals surface area contributed by atoms with Crippen molar-refractivity contribution in [3.63, 3.8) is 0 Å². The van der Waals surface area contributed by atoms with Gasteiger partial charge < -0.3 is 4.74 Å². The largest absolute Gasteiger partial charge is 0.487 e. The average molecular weight is 216 g/mol. The molecule has 1 aromatic heterocycles. The van der Waals surface area contributed by atoms with Crippen LogP contribution in [-0.2, 0) is 9.84 Å². The highest BCUT2D eigenvalue weighted by Crippen LogP contribution is 2.18. The lowest BCUT2D eigenvalue weighted by molar-refractivity contribution is 0.190. The van der Waals surface area contributed by atoms with Crippen LogP contribution >= 0.6 is 0 Å². The molecule has 0 atom stereocenters. The highest BCUT2D eigenvalue weighted by Gasteiger charge is 2.24. The Morgan fingerprint density at radius 3 is 2.71 bits per heavy atom. The number of H-pyrrole nitrogens is 1. The molecule has 14 heavy (non-hydrogen) atoms. The minimum absolute atomic E-state index is 0.0103. The van der Waals surface area contributed by atoms with Crippen LogP contribution in [0.1, 0.15) is 12.8 Å². The molecular weight excluding hydrogens is 204 g/mol. The Bertz CT molecular complexity index is 371. The Labute approximate surface area is 82.4 Å². The summed E-state index contributed by atoms with van der Waals surface area (Å²) in [6, 6.07) is 0. The van der Waals surface area contributed by atoms with Crippen LogP contribution < -0.4 is 4.74 Å². The van der Waals surface area contributed by atoms with Gasteiger partial charge in [0.2, 0.25) is 0 Å². The fourth-order valence-electron chi connectivity index (χ4n) is 1.48. The summed E-state index contributed by atoms with van der Waals surface area (Å²) in [6.07, 6.45) is 4.41. The number of sulfone groups is 1. The SMILES string of the molecule is O=S1(=O)CCC(Oc2cn[nH]c2)CC1. The van der Waals surface area contributed by atoms with Crippen molar-refractivity contribution in [1.29, 1.82) is 0 Å². The van der Waals surface area contributed by atoms with Crippen LogP contribution in [-0.4, -0.2) is 36.2 Å². The van der Waals surface area contributed by atoms with Gasteiger partial charge in [-0.25, -0.2) is 8.42 Å². The second kappa shape index (κ2) is 3.61. The first kappa shape index (κ1) is 9.51. The lowest BCUT2D eigenvalue weighted by atomic mass is 10.2. The predicted octanol–water partition coefficient (Wildman–Crippen LogP) is 0.366. The minimum atomic E-state index is -2.80. The minimum Gasteiger partial charge on any atom is -0.487 e. The monoisotopic (exact) mass is 216 g/mol. The van der Waals surface area contributed by atoms with Crippen LogP contribution in [0, 0.1) is 0 Å². The molecule has 0 aromatic carbocycles. The highest BCUT2D eigenvalue weighted by molar-refractivity contribution is 7.91. The van der Waals surface area contributed by atoms with Gasteiger partial charge in [-0.2, -0.15) is 5.10 Å². The number of aromatic amines is 1. The van der Waals surface area contributed by atoms with E-state index >= 15 is 0 Å². The van der Waals surface area contributed by atoms with Gasteiger partial charge in [0.05, 0.1) is 23.9 Å². The molecule has 0 bridgehead atoms. The summed E-state index contributed by atoms with van der Waals surface area (Å²) in [5, 5.41) is 6.39. The maximum absolute atomic E-state index is 11.1. The van der Waals surface area contributed by atoms with E-state index in [1.54, 1.807) is 12.4 Å². The zero-order chi connectivity index (χ0) is 10.0. The van der Waals surface area contributed by atoms with Gasteiger partial charge in [0, 0.05) is 0 Å². The molecule has 0 unspecified atom stereocenters. The predicted molar refractivity (Wildman–Crippen MR) is 50.9 cm³/mol. The van der Waals surface area contributed by atoms with Gasteiger partial charge in [-0.3, -0.25) is 5.10 Å². The molecule has 0 radical (unpaired) electrons. The molecular formula is C8H12N2O3S. The molecule has 5 nitrogen and oxygen atoms in total. The van der Waals surface area contributed by atoms with Gasteiger partial charge >= 0.3 is 0 Å². The normalized spacial score (nSPS) is 22.0. The van der Waals surface area contributed by atoms with Crippen LogP contribution in [0.15, 0.2) is 12.4 Å². The van der Waals surface area contributed by atoms with Gasteiger partial charge in [-0.15, -0.1) is 0 Å². The number of hydrogen-bond acceptors (Lipinski definition) is 4. The van der Waals surface area contributed by atoms with E-state index in [4.69, 9.17) is 4.74 Å². The second-order valence-corrected chi connectivity index (χ2v) is 5.71. The average Bonchev–Trinajstić information content (AvgIpc) is 2.61. The molecule has 1 fully saturated rings. The molecule has 1 aliphatic heterocycles. The van der Waals surface area contributed by atoms with E-state index in [1.165, 1.54) is 0 Å². The third kappa shape index (κ3) is 2.25. The quantitative estimate of drug-likeness (QED) is 0.775. The zero-order valence-electron chi connectivity index (χ0n) is 7.64. The lowest BCUT2D eigenvalue weighted by Crippen LogP contribution is -2.30. The molecule has 0 saturated carbocycles. The molecule has 0 aliphatic carbocycles. The van der Waals surface area contributed by atoms with E-state index in [0.29, 0.717) is 18.6 Å². The topological polar surface area (TPSA) is 72.1 Å². The highest BCUT2D eigenvalue weighted by atomic mass is 32.2. The Balaban J connectivity index is 1.91. The number of rotatable bonds is 2. The first-order chi connectivity index (χ1) is 6.66. The number of aromatic nitrogens is 2. The van der Waals surface area contributed by atoms with Crippen molar-refractivity contribution in [2.24, 2.45) is 0 Å². The van der Waals surface area contributed by atoms with E-state index in [1.807, 2.05) is 0 Å². The number of nitrogens with zero attached hydrogens (tertiary/aromatic N) is 1. The summed E-state index contributed by atoms with van der Waals surface area (Å²) in [4.78, 5) is 0. The molecule has 2 heterocycles. The van der Waals surface area contributed by atoms with E-state index in [2.05, 4.69) is 10.2 Å². The van der Waals surface area contributed by atoms with Gasteiger partial charge in [-0.1, -0.05) is 0 Å². The van der Waals surface area contributed by atoms with E-state index in [-0.39, 0.29) is 17.6 Å². The van der Waals surface area contributed by atoms with Gasteiger partial charge in [0.15, 0.2) is 15.6 Å². The Kier molecular flexibility index (Phi) is 2.45. The molecule has 1 N–H and O–H groups in total. The molecule has 1 aliphatic rings. The van der Waals surface area contributed by atoms with Gasteiger partial charge in [0.25, 0.3) is 0 Å².